The molecule has 0 aliphatic rings. The number of thioether (sulfide) groups is 1. The van der Waals surface area contributed by atoms with Crippen molar-refractivity contribution in [3.63, 3.8) is 0 Å². The predicted octanol–water partition coefficient (Wildman–Crippen LogP) is 5.10. The average Bonchev–Trinajstić information content (AvgIpc) is 3.54. The first-order valence-corrected chi connectivity index (χ1v) is 12.4. The zero-order chi connectivity index (χ0) is 23.4. The van der Waals surface area contributed by atoms with Crippen molar-refractivity contribution in [3.05, 3.63) is 70.2 Å². The highest BCUT2D eigenvalue weighted by molar-refractivity contribution is 7.99. The van der Waals surface area contributed by atoms with E-state index in [9.17, 15) is 10.1 Å². The van der Waals surface area contributed by atoms with Gasteiger partial charge in [0.1, 0.15) is 11.9 Å². The Balaban J connectivity index is 1.52. The summed E-state index contributed by atoms with van der Waals surface area (Å²) in [6.45, 7) is 7.20. The van der Waals surface area contributed by atoms with Crippen LogP contribution in [0.1, 0.15) is 29.3 Å². The van der Waals surface area contributed by atoms with E-state index in [1.54, 1.807) is 11.3 Å². The first kappa shape index (κ1) is 22.8. The van der Waals surface area contributed by atoms with Crippen molar-refractivity contribution in [2.75, 3.05) is 11.1 Å². The highest BCUT2D eigenvalue weighted by atomic mass is 32.2. The molecule has 1 N–H and O–H groups in total. The molecule has 0 spiro atoms. The van der Waals surface area contributed by atoms with Gasteiger partial charge in [0.05, 0.1) is 16.2 Å². The maximum absolute atomic E-state index is 12.9. The van der Waals surface area contributed by atoms with Crippen LogP contribution in [0.4, 0.5) is 5.82 Å². The fourth-order valence-electron chi connectivity index (χ4n) is 3.66. The number of rotatable bonds is 8. The average molecular weight is 477 g/mol. The van der Waals surface area contributed by atoms with Crippen LogP contribution in [-0.2, 0) is 17.9 Å². The molecule has 0 aliphatic heterocycles. The molecule has 0 saturated heterocycles. The molecule has 0 fully saturated rings. The summed E-state index contributed by atoms with van der Waals surface area (Å²) in [4.78, 5) is 13.9. The number of carbonyl (C=O) groups excluding carboxylic acids is 1. The number of hydrogen-bond donors (Lipinski definition) is 1. The molecule has 1 aromatic carbocycles. The summed E-state index contributed by atoms with van der Waals surface area (Å²) < 4.78 is 4.01. The third-order valence-corrected chi connectivity index (χ3v) is 7.32. The van der Waals surface area contributed by atoms with E-state index in [2.05, 4.69) is 21.6 Å². The third kappa shape index (κ3) is 4.72. The molecule has 0 bridgehead atoms. The van der Waals surface area contributed by atoms with Gasteiger partial charge in [-0.25, -0.2) is 0 Å². The lowest BCUT2D eigenvalue weighted by atomic mass is 10.2. The highest BCUT2D eigenvalue weighted by Gasteiger charge is 2.21. The Labute approximate surface area is 201 Å². The molecule has 3 heterocycles. The molecule has 4 rings (SSSR count). The van der Waals surface area contributed by atoms with Crippen LogP contribution in [0, 0.1) is 25.2 Å². The molecule has 3 aromatic heterocycles. The first-order valence-electron chi connectivity index (χ1n) is 10.6. The maximum Gasteiger partial charge on any atom is 0.235 e. The first-order chi connectivity index (χ1) is 16.0. The van der Waals surface area contributed by atoms with Gasteiger partial charge in [0.15, 0.2) is 11.0 Å². The number of thiophene rings is 1. The van der Waals surface area contributed by atoms with E-state index < -0.39 is 0 Å². The lowest BCUT2D eigenvalue weighted by Gasteiger charge is -2.13. The van der Waals surface area contributed by atoms with Crippen molar-refractivity contribution in [3.8, 4) is 16.8 Å². The molecule has 0 saturated carbocycles. The Morgan fingerprint density at radius 1 is 1.15 bits per heavy atom. The van der Waals surface area contributed by atoms with E-state index in [0.717, 1.165) is 27.5 Å². The van der Waals surface area contributed by atoms with Crippen molar-refractivity contribution in [2.24, 2.45) is 0 Å². The number of nitriles is 1. The number of carbonyl (C=O) groups is 1. The molecule has 0 unspecified atom stereocenters. The smallest absolute Gasteiger partial charge is 0.235 e. The lowest BCUT2D eigenvalue weighted by Crippen LogP contribution is -2.19. The second-order valence-electron chi connectivity index (χ2n) is 7.48. The molecule has 0 aliphatic carbocycles. The van der Waals surface area contributed by atoms with E-state index in [0.29, 0.717) is 29.6 Å². The van der Waals surface area contributed by atoms with Crippen LogP contribution in [0.5, 0.6) is 0 Å². The van der Waals surface area contributed by atoms with Crippen LogP contribution >= 0.6 is 23.1 Å². The number of amides is 1. The van der Waals surface area contributed by atoms with E-state index in [-0.39, 0.29) is 11.7 Å². The Morgan fingerprint density at radius 3 is 2.61 bits per heavy atom. The molecule has 0 radical (unpaired) electrons. The van der Waals surface area contributed by atoms with Crippen molar-refractivity contribution in [1.29, 1.82) is 5.26 Å². The summed E-state index contributed by atoms with van der Waals surface area (Å²) in [5.74, 6) is 1.33. The Kier molecular flexibility index (Phi) is 6.96. The van der Waals surface area contributed by atoms with Gasteiger partial charge in [-0.2, -0.15) is 5.26 Å². The molecule has 1 amide bonds. The number of nitrogens with one attached hydrogen (secondary N) is 1. The summed E-state index contributed by atoms with van der Waals surface area (Å²) >= 11 is 2.95. The van der Waals surface area contributed by atoms with Crippen LogP contribution in [0.25, 0.3) is 10.7 Å². The van der Waals surface area contributed by atoms with E-state index >= 15 is 0 Å². The quantitative estimate of drug-likeness (QED) is 0.358. The molecular formula is C24H24N6OS2. The van der Waals surface area contributed by atoms with Crippen LogP contribution in [0.2, 0.25) is 0 Å². The third-order valence-electron chi connectivity index (χ3n) is 5.49. The van der Waals surface area contributed by atoms with Crippen LogP contribution in [0.3, 0.4) is 0 Å². The molecular weight excluding hydrogens is 452 g/mol. The van der Waals surface area contributed by atoms with Gasteiger partial charge >= 0.3 is 0 Å². The lowest BCUT2D eigenvalue weighted by molar-refractivity contribution is -0.113. The molecule has 7 nitrogen and oxygen atoms in total. The van der Waals surface area contributed by atoms with E-state index in [1.165, 1.54) is 11.8 Å². The second-order valence-corrected chi connectivity index (χ2v) is 9.37. The van der Waals surface area contributed by atoms with Gasteiger partial charge in [0.25, 0.3) is 0 Å². The Morgan fingerprint density at radius 2 is 1.94 bits per heavy atom. The van der Waals surface area contributed by atoms with Gasteiger partial charge in [-0.15, -0.1) is 21.5 Å². The van der Waals surface area contributed by atoms with E-state index in [4.69, 9.17) is 0 Å². The summed E-state index contributed by atoms with van der Waals surface area (Å²) in [5, 5.41) is 24.0. The van der Waals surface area contributed by atoms with Gasteiger partial charge in [-0.05, 0) is 43.3 Å². The Hall–Kier alpha value is -3.35. The zero-order valence-electron chi connectivity index (χ0n) is 18.7. The van der Waals surface area contributed by atoms with Crippen molar-refractivity contribution < 1.29 is 4.79 Å². The van der Waals surface area contributed by atoms with Gasteiger partial charge in [0, 0.05) is 18.8 Å². The van der Waals surface area contributed by atoms with Gasteiger partial charge < -0.3 is 14.5 Å². The fraction of sp³-hybridized carbons (Fsp3) is 0.250. The Bertz CT molecular complexity index is 1300. The minimum Gasteiger partial charge on any atom is -0.326 e. The second kappa shape index (κ2) is 10.1. The van der Waals surface area contributed by atoms with Crippen LogP contribution in [-0.4, -0.2) is 31.0 Å². The monoisotopic (exact) mass is 476 g/mol. The van der Waals surface area contributed by atoms with Gasteiger partial charge in [-0.1, -0.05) is 48.2 Å². The molecule has 33 heavy (non-hydrogen) atoms. The fourth-order valence-corrected chi connectivity index (χ4v) is 5.18. The van der Waals surface area contributed by atoms with Crippen molar-refractivity contribution in [1.82, 2.24) is 19.3 Å². The maximum atomic E-state index is 12.9. The highest BCUT2D eigenvalue weighted by Crippen LogP contribution is 2.29. The standard InChI is InChI=1S/C24H24N6OS2/c1-4-29-23(20-11-8-12-32-20)27-28-24(29)33-15-21(31)26-22-19(13-25)16(2)17(3)30(22)14-18-9-6-5-7-10-18/h5-12H,4,14-15H2,1-3H3,(H,26,31). The molecule has 9 heteroatoms. The normalized spacial score (nSPS) is 10.8. The number of anilines is 1. The van der Waals surface area contributed by atoms with Gasteiger partial charge in [-0.3, -0.25) is 4.79 Å². The minimum atomic E-state index is -0.188. The number of nitrogens with zero attached hydrogens (tertiary/aromatic N) is 5. The minimum absolute atomic E-state index is 0.169. The number of hydrogen-bond acceptors (Lipinski definition) is 6. The summed E-state index contributed by atoms with van der Waals surface area (Å²) in [6.07, 6.45) is 0. The summed E-state index contributed by atoms with van der Waals surface area (Å²) in [7, 11) is 0. The molecule has 168 valence electrons. The predicted molar refractivity (Wildman–Crippen MR) is 133 cm³/mol. The molecule has 0 atom stereocenters. The summed E-state index contributed by atoms with van der Waals surface area (Å²) in [5.41, 5.74) is 3.44. The van der Waals surface area contributed by atoms with Crippen molar-refractivity contribution in [2.45, 2.75) is 39.0 Å². The largest absolute Gasteiger partial charge is 0.326 e. The van der Waals surface area contributed by atoms with Crippen LogP contribution < -0.4 is 5.32 Å². The van der Waals surface area contributed by atoms with E-state index in [1.807, 2.05) is 77.8 Å². The SMILES string of the molecule is CCn1c(SCC(=O)Nc2c(C#N)c(C)c(C)n2Cc2ccccc2)nnc1-c1cccs1. The number of benzene rings is 1. The van der Waals surface area contributed by atoms with Crippen molar-refractivity contribution >= 4 is 34.8 Å². The number of aromatic nitrogens is 4. The zero-order valence-corrected chi connectivity index (χ0v) is 20.3. The summed E-state index contributed by atoms with van der Waals surface area (Å²) in [6, 6.07) is 16.3. The van der Waals surface area contributed by atoms with Crippen LogP contribution in [0.15, 0.2) is 53.0 Å². The molecule has 4 aromatic rings. The van der Waals surface area contributed by atoms with Gasteiger partial charge in [0.2, 0.25) is 5.91 Å². The topological polar surface area (TPSA) is 88.5 Å².